The van der Waals surface area contributed by atoms with Gasteiger partial charge in [-0.1, -0.05) is 24.3 Å². The molecule has 0 aromatic carbocycles. The Bertz CT molecular complexity index is 350. The van der Waals surface area contributed by atoms with Crippen molar-refractivity contribution in [1.29, 1.82) is 0 Å². The standard InChI is InChI=1S/C12H13N/c1-10-9-12(7-8-13-10)11-5-3-2-4-6-11/h2-5,7-9,11H,6H2,1H3. The van der Waals surface area contributed by atoms with Crippen LogP contribution < -0.4 is 0 Å². The average Bonchev–Trinajstić information content (AvgIpc) is 2.19. The third kappa shape index (κ3) is 1.86. The van der Waals surface area contributed by atoms with Gasteiger partial charge < -0.3 is 0 Å². The lowest BCUT2D eigenvalue weighted by Crippen LogP contribution is -1.97. The first-order chi connectivity index (χ1) is 6.36. The van der Waals surface area contributed by atoms with Crippen LogP contribution in [0.5, 0.6) is 0 Å². The molecule has 1 aromatic rings. The summed E-state index contributed by atoms with van der Waals surface area (Å²) in [5.74, 6) is 0.548. The number of aromatic nitrogens is 1. The van der Waals surface area contributed by atoms with Gasteiger partial charge in [0.15, 0.2) is 0 Å². The zero-order valence-corrected chi connectivity index (χ0v) is 7.77. The molecule has 0 N–H and O–H groups in total. The molecule has 1 heterocycles. The molecule has 0 bridgehead atoms. The van der Waals surface area contributed by atoms with Gasteiger partial charge in [-0.15, -0.1) is 0 Å². The lowest BCUT2D eigenvalue weighted by molar-refractivity contribution is 0.848. The summed E-state index contributed by atoms with van der Waals surface area (Å²) < 4.78 is 0. The first kappa shape index (κ1) is 8.24. The summed E-state index contributed by atoms with van der Waals surface area (Å²) in [6.07, 6.45) is 11.7. The van der Waals surface area contributed by atoms with Gasteiger partial charge in [-0.2, -0.15) is 0 Å². The van der Waals surface area contributed by atoms with Gasteiger partial charge in [0.2, 0.25) is 0 Å². The van der Waals surface area contributed by atoms with Crippen LogP contribution in [0.4, 0.5) is 0 Å². The minimum atomic E-state index is 0.548. The van der Waals surface area contributed by atoms with Gasteiger partial charge in [-0.05, 0) is 31.0 Å². The Morgan fingerprint density at radius 1 is 1.38 bits per heavy atom. The van der Waals surface area contributed by atoms with Gasteiger partial charge >= 0.3 is 0 Å². The first-order valence-electron chi connectivity index (χ1n) is 4.62. The van der Waals surface area contributed by atoms with E-state index in [2.05, 4.69) is 41.4 Å². The maximum absolute atomic E-state index is 4.19. The quantitative estimate of drug-likeness (QED) is 0.633. The monoisotopic (exact) mass is 171 g/mol. The molecule has 0 saturated heterocycles. The number of hydrogen-bond acceptors (Lipinski definition) is 1. The molecular formula is C12H13N. The second-order valence-corrected chi connectivity index (χ2v) is 3.39. The zero-order chi connectivity index (χ0) is 9.10. The van der Waals surface area contributed by atoms with E-state index in [9.17, 15) is 0 Å². The van der Waals surface area contributed by atoms with Crippen molar-refractivity contribution in [2.75, 3.05) is 0 Å². The topological polar surface area (TPSA) is 12.9 Å². The number of hydrogen-bond donors (Lipinski definition) is 0. The third-order valence-corrected chi connectivity index (χ3v) is 2.33. The number of rotatable bonds is 1. The van der Waals surface area contributed by atoms with Crippen molar-refractivity contribution >= 4 is 0 Å². The summed E-state index contributed by atoms with van der Waals surface area (Å²) in [7, 11) is 0. The molecule has 0 spiro atoms. The van der Waals surface area contributed by atoms with Gasteiger partial charge in [-0.25, -0.2) is 0 Å². The van der Waals surface area contributed by atoms with E-state index in [4.69, 9.17) is 0 Å². The fourth-order valence-electron chi connectivity index (χ4n) is 1.63. The van der Waals surface area contributed by atoms with Crippen LogP contribution in [0.2, 0.25) is 0 Å². The minimum Gasteiger partial charge on any atom is -0.262 e. The van der Waals surface area contributed by atoms with Crippen molar-refractivity contribution in [2.45, 2.75) is 19.3 Å². The van der Waals surface area contributed by atoms with E-state index < -0.39 is 0 Å². The lowest BCUT2D eigenvalue weighted by atomic mass is 9.93. The Balaban J connectivity index is 2.25. The molecule has 2 rings (SSSR count). The van der Waals surface area contributed by atoms with Crippen molar-refractivity contribution in [3.05, 3.63) is 53.9 Å². The molecule has 1 heteroatoms. The predicted octanol–water partition coefficient (Wildman–Crippen LogP) is 2.99. The first-order valence-corrected chi connectivity index (χ1v) is 4.62. The van der Waals surface area contributed by atoms with E-state index in [0.717, 1.165) is 12.1 Å². The Kier molecular flexibility index (Phi) is 2.26. The van der Waals surface area contributed by atoms with Gasteiger partial charge in [0, 0.05) is 17.8 Å². The van der Waals surface area contributed by atoms with Crippen LogP contribution in [0.15, 0.2) is 42.6 Å². The molecule has 1 nitrogen and oxygen atoms in total. The van der Waals surface area contributed by atoms with E-state index in [-0.39, 0.29) is 0 Å². The molecule has 0 fully saturated rings. The molecule has 0 aliphatic heterocycles. The normalized spacial score (nSPS) is 20.5. The molecule has 1 atom stereocenters. The van der Waals surface area contributed by atoms with E-state index in [1.807, 2.05) is 13.1 Å². The summed E-state index contributed by atoms with van der Waals surface area (Å²) in [4.78, 5) is 4.19. The van der Waals surface area contributed by atoms with Crippen molar-refractivity contribution in [3.8, 4) is 0 Å². The van der Waals surface area contributed by atoms with Crippen molar-refractivity contribution in [3.63, 3.8) is 0 Å². The van der Waals surface area contributed by atoms with Crippen LogP contribution in [0.25, 0.3) is 0 Å². The van der Waals surface area contributed by atoms with Gasteiger partial charge in [-0.3, -0.25) is 4.98 Å². The van der Waals surface area contributed by atoms with Crippen LogP contribution in [0.3, 0.4) is 0 Å². The van der Waals surface area contributed by atoms with Gasteiger partial charge in [0.25, 0.3) is 0 Å². The zero-order valence-electron chi connectivity index (χ0n) is 7.77. The van der Waals surface area contributed by atoms with Crippen molar-refractivity contribution in [2.24, 2.45) is 0 Å². The second-order valence-electron chi connectivity index (χ2n) is 3.39. The Morgan fingerprint density at radius 2 is 2.31 bits per heavy atom. The van der Waals surface area contributed by atoms with Crippen LogP contribution in [0, 0.1) is 6.92 Å². The van der Waals surface area contributed by atoms with Crippen LogP contribution in [-0.4, -0.2) is 4.98 Å². The van der Waals surface area contributed by atoms with E-state index in [0.29, 0.717) is 5.92 Å². The van der Waals surface area contributed by atoms with Crippen molar-refractivity contribution < 1.29 is 0 Å². The predicted molar refractivity (Wildman–Crippen MR) is 54.6 cm³/mol. The van der Waals surface area contributed by atoms with Crippen LogP contribution >= 0.6 is 0 Å². The maximum Gasteiger partial charge on any atom is 0.0375 e. The molecule has 0 amide bonds. The fourth-order valence-corrected chi connectivity index (χ4v) is 1.63. The number of allylic oxidation sites excluding steroid dienone is 4. The highest BCUT2D eigenvalue weighted by Gasteiger charge is 2.07. The SMILES string of the molecule is Cc1cc(C2C=CC=CC2)ccn1. The van der Waals surface area contributed by atoms with E-state index in [1.54, 1.807) is 0 Å². The number of nitrogens with zero attached hydrogens (tertiary/aromatic N) is 1. The summed E-state index contributed by atoms with van der Waals surface area (Å²) in [6.45, 7) is 2.03. The molecule has 0 saturated carbocycles. The Hall–Kier alpha value is -1.37. The molecule has 1 aliphatic carbocycles. The molecule has 66 valence electrons. The smallest absolute Gasteiger partial charge is 0.0375 e. The van der Waals surface area contributed by atoms with E-state index in [1.165, 1.54) is 5.56 Å². The highest BCUT2D eigenvalue weighted by atomic mass is 14.6. The Labute approximate surface area is 78.8 Å². The molecule has 1 unspecified atom stereocenters. The molecular weight excluding hydrogens is 158 g/mol. The van der Waals surface area contributed by atoms with Crippen LogP contribution in [0.1, 0.15) is 23.6 Å². The molecule has 1 aliphatic rings. The highest BCUT2D eigenvalue weighted by Crippen LogP contribution is 2.24. The summed E-state index contributed by atoms with van der Waals surface area (Å²) in [5, 5.41) is 0. The second kappa shape index (κ2) is 3.56. The molecule has 13 heavy (non-hydrogen) atoms. The Morgan fingerprint density at radius 3 is 3.00 bits per heavy atom. The fraction of sp³-hybridized carbons (Fsp3) is 0.250. The highest BCUT2D eigenvalue weighted by molar-refractivity contribution is 5.28. The number of pyridine rings is 1. The average molecular weight is 171 g/mol. The summed E-state index contributed by atoms with van der Waals surface area (Å²) in [5.41, 5.74) is 2.47. The summed E-state index contributed by atoms with van der Waals surface area (Å²) >= 11 is 0. The summed E-state index contributed by atoms with van der Waals surface area (Å²) in [6, 6.07) is 4.26. The third-order valence-electron chi connectivity index (χ3n) is 2.33. The maximum atomic E-state index is 4.19. The molecule has 0 radical (unpaired) electrons. The largest absolute Gasteiger partial charge is 0.262 e. The van der Waals surface area contributed by atoms with Gasteiger partial charge in [0.1, 0.15) is 0 Å². The lowest BCUT2D eigenvalue weighted by Gasteiger charge is -2.13. The minimum absolute atomic E-state index is 0.548. The van der Waals surface area contributed by atoms with Crippen LogP contribution in [-0.2, 0) is 0 Å². The number of aryl methyl sites for hydroxylation is 1. The van der Waals surface area contributed by atoms with Crippen molar-refractivity contribution in [1.82, 2.24) is 4.98 Å². The van der Waals surface area contributed by atoms with Gasteiger partial charge in [0.05, 0.1) is 0 Å². The molecule has 1 aromatic heterocycles. The van der Waals surface area contributed by atoms with E-state index >= 15 is 0 Å².